The highest BCUT2D eigenvalue weighted by molar-refractivity contribution is 6.49. The standard InChI is InChI=1S/C32H33N3O5/c36-29(23-9-11-24(12-10-23)31(38)34-18-5-2-6-19-34)27-28(22-7-3-1-4-8-22)35(32(39)30(27)37)25-15-13-21(14-16-25)26-17-20-40-33-26/h9-17,20,22,27-28H,1-8,18-19H2. The molecular weight excluding hydrogens is 506 g/mol. The molecule has 8 nitrogen and oxygen atoms in total. The Hall–Kier alpha value is -4.07. The lowest BCUT2D eigenvalue weighted by Gasteiger charge is -2.35. The monoisotopic (exact) mass is 539 g/mol. The topological polar surface area (TPSA) is 101 Å². The van der Waals surface area contributed by atoms with E-state index in [0.29, 0.717) is 22.5 Å². The van der Waals surface area contributed by atoms with Gasteiger partial charge in [-0.2, -0.15) is 0 Å². The van der Waals surface area contributed by atoms with E-state index in [2.05, 4.69) is 5.16 Å². The molecule has 2 aliphatic heterocycles. The third-order valence-corrected chi connectivity index (χ3v) is 8.71. The number of carbonyl (C=O) groups excluding carboxylic acids is 4. The van der Waals surface area contributed by atoms with Crippen molar-refractivity contribution in [3.05, 3.63) is 72.0 Å². The van der Waals surface area contributed by atoms with Crippen molar-refractivity contribution in [3.63, 3.8) is 0 Å². The number of rotatable bonds is 6. The van der Waals surface area contributed by atoms with Crippen LogP contribution in [0.2, 0.25) is 0 Å². The van der Waals surface area contributed by atoms with Crippen molar-refractivity contribution >= 4 is 29.1 Å². The van der Waals surface area contributed by atoms with Crippen LogP contribution in [0.1, 0.15) is 72.1 Å². The maximum Gasteiger partial charge on any atom is 0.295 e. The molecule has 0 bridgehead atoms. The summed E-state index contributed by atoms with van der Waals surface area (Å²) < 4.78 is 4.94. The minimum atomic E-state index is -1.07. The van der Waals surface area contributed by atoms with E-state index in [1.165, 1.54) is 6.26 Å². The summed E-state index contributed by atoms with van der Waals surface area (Å²) in [5.74, 6) is -2.71. The lowest BCUT2D eigenvalue weighted by atomic mass is 9.76. The van der Waals surface area contributed by atoms with Gasteiger partial charge < -0.3 is 14.3 Å². The smallest absolute Gasteiger partial charge is 0.295 e. The number of hydrogen-bond acceptors (Lipinski definition) is 6. The van der Waals surface area contributed by atoms with E-state index in [1.54, 1.807) is 47.4 Å². The van der Waals surface area contributed by atoms with Crippen LogP contribution in [0.3, 0.4) is 0 Å². The molecule has 40 heavy (non-hydrogen) atoms. The Labute approximate surface area is 233 Å². The Bertz CT molecular complexity index is 1390. The van der Waals surface area contributed by atoms with E-state index >= 15 is 0 Å². The molecule has 8 heteroatoms. The summed E-state index contributed by atoms with van der Waals surface area (Å²) in [5, 5.41) is 3.96. The zero-order chi connectivity index (χ0) is 27.6. The molecule has 0 N–H and O–H groups in total. The van der Waals surface area contributed by atoms with E-state index in [9.17, 15) is 19.2 Å². The van der Waals surface area contributed by atoms with Crippen molar-refractivity contribution < 1.29 is 23.7 Å². The lowest BCUT2D eigenvalue weighted by molar-refractivity contribution is -0.135. The number of ketones is 2. The summed E-state index contributed by atoms with van der Waals surface area (Å²) in [6.45, 7) is 1.49. The minimum absolute atomic E-state index is 0.0360. The quantitative estimate of drug-likeness (QED) is 0.238. The molecular formula is C32H33N3O5. The van der Waals surface area contributed by atoms with Crippen molar-refractivity contribution in [2.75, 3.05) is 18.0 Å². The first-order valence-corrected chi connectivity index (χ1v) is 14.3. The summed E-state index contributed by atoms with van der Waals surface area (Å²) in [6, 6.07) is 15.1. The second-order valence-electron chi connectivity index (χ2n) is 11.1. The van der Waals surface area contributed by atoms with Crippen LogP contribution in [0.15, 0.2) is 65.4 Å². The Morgan fingerprint density at radius 1 is 0.775 bits per heavy atom. The van der Waals surface area contributed by atoms with Crippen LogP contribution in [0.4, 0.5) is 5.69 Å². The molecule has 2 atom stereocenters. The Morgan fingerprint density at radius 2 is 1.43 bits per heavy atom. The first-order chi connectivity index (χ1) is 19.5. The molecule has 3 fully saturated rings. The lowest BCUT2D eigenvalue weighted by Crippen LogP contribution is -2.44. The van der Waals surface area contributed by atoms with Crippen LogP contribution in [-0.4, -0.2) is 52.6 Å². The fraction of sp³-hybridized carbons (Fsp3) is 0.406. The first-order valence-electron chi connectivity index (χ1n) is 14.3. The summed E-state index contributed by atoms with van der Waals surface area (Å²) in [4.78, 5) is 57.2. The van der Waals surface area contributed by atoms with Gasteiger partial charge in [0, 0.05) is 41.5 Å². The fourth-order valence-corrected chi connectivity index (χ4v) is 6.60. The number of anilines is 1. The molecule has 6 rings (SSSR count). The molecule has 0 spiro atoms. The average Bonchev–Trinajstić information content (AvgIpc) is 3.64. The van der Waals surface area contributed by atoms with Gasteiger partial charge in [0.05, 0.1) is 6.04 Å². The van der Waals surface area contributed by atoms with Gasteiger partial charge in [0.2, 0.25) is 5.78 Å². The van der Waals surface area contributed by atoms with Crippen LogP contribution in [0, 0.1) is 11.8 Å². The number of aromatic nitrogens is 1. The number of hydrogen-bond donors (Lipinski definition) is 0. The SMILES string of the molecule is O=C1C(=O)N(c2ccc(-c3ccon3)cc2)C(C2CCCCC2)C1C(=O)c1ccc(C(=O)N2CCCCC2)cc1. The number of benzene rings is 2. The molecule has 2 aromatic carbocycles. The molecule has 2 amide bonds. The summed E-state index contributed by atoms with van der Waals surface area (Å²) in [6.07, 6.45) is 9.51. The second kappa shape index (κ2) is 11.2. The van der Waals surface area contributed by atoms with Crippen LogP contribution < -0.4 is 4.90 Å². The average molecular weight is 540 g/mol. The van der Waals surface area contributed by atoms with Crippen LogP contribution in [0.5, 0.6) is 0 Å². The van der Waals surface area contributed by atoms with Crippen molar-refractivity contribution in [1.29, 1.82) is 0 Å². The number of nitrogens with zero attached hydrogens (tertiary/aromatic N) is 3. The second-order valence-corrected chi connectivity index (χ2v) is 11.1. The number of amides is 2. The summed E-state index contributed by atoms with van der Waals surface area (Å²) in [5.41, 5.74) is 2.99. The van der Waals surface area contributed by atoms with Gasteiger partial charge in [-0.25, -0.2) is 0 Å². The van der Waals surface area contributed by atoms with Crippen molar-refractivity contribution in [2.24, 2.45) is 11.8 Å². The maximum atomic E-state index is 13.9. The zero-order valence-corrected chi connectivity index (χ0v) is 22.5. The molecule has 2 unspecified atom stereocenters. The zero-order valence-electron chi connectivity index (χ0n) is 22.5. The van der Waals surface area contributed by atoms with Crippen LogP contribution >= 0.6 is 0 Å². The highest BCUT2D eigenvalue weighted by Crippen LogP contribution is 2.41. The van der Waals surface area contributed by atoms with Crippen LogP contribution in [-0.2, 0) is 9.59 Å². The highest BCUT2D eigenvalue weighted by Gasteiger charge is 2.54. The molecule has 3 aliphatic rings. The maximum absolute atomic E-state index is 13.9. The number of Topliss-reactive ketones (excluding diaryl/α,β-unsaturated/α-hetero) is 2. The normalized spacial score (nSPS) is 22.1. The van der Waals surface area contributed by atoms with E-state index in [0.717, 1.165) is 70.0 Å². The Morgan fingerprint density at radius 3 is 2.08 bits per heavy atom. The molecule has 1 aliphatic carbocycles. The molecule has 3 heterocycles. The van der Waals surface area contributed by atoms with Gasteiger partial charge in [-0.15, -0.1) is 0 Å². The van der Waals surface area contributed by atoms with Crippen LogP contribution in [0.25, 0.3) is 11.3 Å². The number of likely N-dealkylation sites (tertiary alicyclic amines) is 1. The van der Waals surface area contributed by atoms with Crippen molar-refractivity contribution in [3.8, 4) is 11.3 Å². The predicted octanol–water partition coefficient (Wildman–Crippen LogP) is 5.33. The van der Waals surface area contributed by atoms with Crippen molar-refractivity contribution in [2.45, 2.75) is 57.4 Å². The van der Waals surface area contributed by atoms with Gasteiger partial charge in [0.1, 0.15) is 17.9 Å². The summed E-state index contributed by atoms with van der Waals surface area (Å²) in [7, 11) is 0. The van der Waals surface area contributed by atoms with E-state index in [1.807, 2.05) is 17.0 Å². The Balaban J connectivity index is 1.29. The van der Waals surface area contributed by atoms with Gasteiger partial charge in [-0.3, -0.25) is 19.2 Å². The van der Waals surface area contributed by atoms with Gasteiger partial charge in [-0.1, -0.05) is 48.7 Å². The predicted molar refractivity (Wildman–Crippen MR) is 149 cm³/mol. The molecule has 1 aromatic heterocycles. The third kappa shape index (κ3) is 4.87. The largest absolute Gasteiger partial charge is 0.364 e. The first kappa shape index (κ1) is 26.2. The van der Waals surface area contributed by atoms with Gasteiger partial charge in [0.25, 0.3) is 11.8 Å². The third-order valence-electron chi connectivity index (χ3n) is 8.71. The molecule has 0 radical (unpaired) electrons. The van der Waals surface area contributed by atoms with Crippen molar-refractivity contribution in [1.82, 2.24) is 10.1 Å². The Kier molecular flexibility index (Phi) is 7.32. The molecule has 206 valence electrons. The number of piperidine rings is 1. The molecule has 1 saturated carbocycles. The van der Waals surface area contributed by atoms with E-state index in [-0.39, 0.29) is 17.6 Å². The van der Waals surface area contributed by atoms with Gasteiger partial charge >= 0.3 is 0 Å². The van der Waals surface area contributed by atoms with E-state index < -0.39 is 23.7 Å². The highest BCUT2D eigenvalue weighted by atomic mass is 16.5. The van der Waals surface area contributed by atoms with E-state index in [4.69, 9.17) is 4.52 Å². The molecule has 3 aromatic rings. The summed E-state index contributed by atoms with van der Waals surface area (Å²) >= 11 is 0. The van der Waals surface area contributed by atoms with Gasteiger partial charge in [0.15, 0.2) is 5.78 Å². The fourth-order valence-electron chi connectivity index (χ4n) is 6.60. The number of carbonyl (C=O) groups is 4. The minimum Gasteiger partial charge on any atom is -0.364 e. The molecule has 2 saturated heterocycles. The van der Waals surface area contributed by atoms with Gasteiger partial charge in [-0.05, 0) is 62.3 Å².